The molecule has 0 spiro atoms. The van der Waals surface area contributed by atoms with Crippen LogP contribution < -0.4 is 34.7 Å². The van der Waals surface area contributed by atoms with Gasteiger partial charge in [0.1, 0.15) is 0 Å². The summed E-state index contributed by atoms with van der Waals surface area (Å²) < 4.78 is 0. The Hall–Kier alpha value is 0.430. The molecular formula is C35H70NNaO2. The predicted molar refractivity (Wildman–Crippen MR) is 167 cm³/mol. The molecule has 39 heavy (non-hydrogen) atoms. The molecule has 0 saturated carbocycles. The molecule has 0 heterocycles. The van der Waals surface area contributed by atoms with Crippen LogP contribution in [-0.2, 0) is 4.79 Å². The zero-order valence-corrected chi connectivity index (χ0v) is 29.6. The number of hydrogen-bond acceptors (Lipinski definition) is 3. The van der Waals surface area contributed by atoms with Gasteiger partial charge in [0.05, 0.1) is 5.97 Å². The van der Waals surface area contributed by atoms with E-state index >= 15 is 0 Å². The van der Waals surface area contributed by atoms with Crippen LogP contribution in [0.25, 0.3) is 0 Å². The maximum atomic E-state index is 11.5. The van der Waals surface area contributed by atoms with E-state index in [1.807, 2.05) is 6.92 Å². The molecule has 1 unspecified atom stereocenters. The molecule has 0 N–H and O–H groups in total. The first-order chi connectivity index (χ1) is 18.6. The summed E-state index contributed by atoms with van der Waals surface area (Å²) in [4.78, 5) is 13.6. The van der Waals surface area contributed by atoms with Crippen molar-refractivity contribution in [1.29, 1.82) is 0 Å². The van der Waals surface area contributed by atoms with Gasteiger partial charge in [-0.2, -0.15) is 0 Å². The molecule has 4 heteroatoms. The van der Waals surface area contributed by atoms with Crippen molar-refractivity contribution in [2.75, 3.05) is 13.1 Å². The van der Waals surface area contributed by atoms with Crippen molar-refractivity contribution in [3.05, 3.63) is 0 Å². The first kappa shape index (κ1) is 41.6. The van der Waals surface area contributed by atoms with Gasteiger partial charge in [-0.15, -0.1) is 0 Å². The molecule has 0 aliphatic heterocycles. The minimum atomic E-state index is -0.916. The van der Waals surface area contributed by atoms with E-state index in [4.69, 9.17) is 0 Å². The molecule has 0 bridgehead atoms. The van der Waals surface area contributed by atoms with Crippen molar-refractivity contribution in [3.63, 3.8) is 0 Å². The maximum Gasteiger partial charge on any atom is 1.00 e. The average Bonchev–Trinajstić information content (AvgIpc) is 2.91. The van der Waals surface area contributed by atoms with Gasteiger partial charge in [0.2, 0.25) is 0 Å². The molecule has 228 valence electrons. The number of carboxylic acids is 1. The third kappa shape index (κ3) is 31.2. The van der Waals surface area contributed by atoms with E-state index in [1.54, 1.807) is 0 Å². The van der Waals surface area contributed by atoms with E-state index < -0.39 is 12.0 Å². The number of carbonyl (C=O) groups excluding carboxylic acids is 1. The van der Waals surface area contributed by atoms with Gasteiger partial charge in [-0.1, -0.05) is 181 Å². The van der Waals surface area contributed by atoms with Crippen LogP contribution in [0.3, 0.4) is 0 Å². The number of unbranched alkanes of at least 4 members (excludes halogenated alkanes) is 26. The minimum absolute atomic E-state index is 0. The van der Waals surface area contributed by atoms with Crippen LogP contribution in [0.4, 0.5) is 0 Å². The normalized spacial score (nSPS) is 12.1. The van der Waals surface area contributed by atoms with Crippen molar-refractivity contribution in [2.45, 2.75) is 207 Å². The largest absolute Gasteiger partial charge is 1.00 e. The summed E-state index contributed by atoms with van der Waals surface area (Å²) in [7, 11) is 0. The predicted octanol–water partition coefficient (Wildman–Crippen LogP) is 7.39. The molecule has 0 aromatic heterocycles. The molecule has 0 saturated heterocycles. The van der Waals surface area contributed by atoms with Crippen LogP contribution in [0.5, 0.6) is 0 Å². The fourth-order valence-electron chi connectivity index (χ4n) is 5.67. The van der Waals surface area contributed by atoms with Crippen LogP contribution >= 0.6 is 0 Å². The van der Waals surface area contributed by atoms with E-state index in [0.29, 0.717) is 0 Å². The molecule has 0 radical (unpaired) electrons. The van der Waals surface area contributed by atoms with Crippen LogP contribution in [0.2, 0.25) is 0 Å². The average molecular weight is 560 g/mol. The van der Waals surface area contributed by atoms with Crippen molar-refractivity contribution < 1.29 is 39.5 Å². The molecule has 0 fully saturated rings. The Labute approximate surface area is 268 Å². The SMILES string of the molecule is CCCCCCCCCCCCCCCCN(CCCCCCCCCCCCCCCC)C(C)C(=O)[O-].[Na+]. The molecular weight excluding hydrogens is 489 g/mol. The molecule has 3 nitrogen and oxygen atoms in total. The van der Waals surface area contributed by atoms with Crippen molar-refractivity contribution in [2.24, 2.45) is 0 Å². The Morgan fingerprint density at radius 1 is 0.462 bits per heavy atom. The fraction of sp³-hybridized carbons (Fsp3) is 0.971. The van der Waals surface area contributed by atoms with Crippen LogP contribution in [0.15, 0.2) is 0 Å². The Bertz CT molecular complexity index is 442. The summed E-state index contributed by atoms with van der Waals surface area (Å²) in [5, 5.41) is 11.5. The van der Waals surface area contributed by atoms with Gasteiger partial charge in [0.15, 0.2) is 0 Å². The van der Waals surface area contributed by atoms with Gasteiger partial charge in [-0.25, -0.2) is 0 Å². The second-order valence-electron chi connectivity index (χ2n) is 12.2. The van der Waals surface area contributed by atoms with Crippen molar-refractivity contribution in [3.8, 4) is 0 Å². The maximum absolute atomic E-state index is 11.5. The Kier molecular flexibility index (Phi) is 36.9. The molecule has 0 aromatic rings. The van der Waals surface area contributed by atoms with Crippen molar-refractivity contribution >= 4 is 5.97 Å². The second-order valence-corrected chi connectivity index (χ2v) is 12.2. The van der Waals surface area contributed by atoms with Crippen LogP contribution in [0.1, 0.15) is 201 Å². The Morgan fingerprint density at radius 2 is 0.667 bits per heavy atom. The quantitative estimate of drug-likeness (QED) is 0.0637. The van der Waals surface area contributed by atoms with E-state index in [1.165, 1.54) is 167 Å². The smallest absolute Gasteiger partial charge is 0.548 e. The van der Waals surface area contributed by atoms with Gasteiger partial charge < -0.3 is 9.90 Å². The summed E-state index contributed by atoms with van der Waals surface area (Å²) >= 11 is 0. The third-order valence-electron chi connectivity index (χ3n) is 8.49. The Morgan fingerprint density at radius 3 is 0.872 bits per heavy atom. The molecule has 1 atom stereocenters. The molecule has 0 amide bonds. The third-order valence-corrected chi connectivity index (χ3v) is 8.49. The Balaban J connectivity index is 0. The number of rotatable bonds is 32. The van der Waals surface area contributed by atoms with E-state index in [2.05, 4.69) is 18.7 Å². The minimum Gasteiger partial charge on any atom is -0.548 e. The van der Waals surface area contributed by atoms with Gasteiger partial charge >= 0.3 is 29.6 Å². The number of hydrogen-bond donors (Lipinski definition) is 0. The van der Waals surface area contributed by atoms with Crippen LogP contribution in [0, 0.1) is 0 Å². The molecule has 0 aliphatic carbocycles. The van der Waals surface area contributed by atoms with Gasteiger partial charge in [-0.3, -0.25) is 4.90 Å². The number of aliphatic carboxylic acids is 1. The van der Waals surface area contributed by atoms with Gasteiger partial charge in [0.25, 0.3) is 0 Å². The number of carbonyl (C=O) groups is 1. The van der Waals surface area contributed by atoms with Crippen molar-refractivity contribution in [1.82, 2.24) is 4.90 Å². The molecule has 0 rings (SSSR count). The summed E-state index contributed by atoms with van der Waals surface area (Å²) in [5.74, 6) is -0.916. The number of nitrogens with zero attached hydrogens (tertiary/aromatic N) is 1. The number of carboxylic acid groups (broad SMARTS) is 1. The zero-order chi connectivity index (χ0) is 27.9. The van der Waals surface area contributed by atoms with E-state index in [9.17, 15) is 9.90 Å². The van der Waals surface area contributed by atoms with Gasteiger partial charge in [0, 0.05) is 6.04 Å². The fourth-order valence-corrected chi connectivity index (χ4v) is 5.67. The summed E-state index contributed by atoms with van der Waals surface area (Å²) in [6.07, 6.45) is 38.1. The topological polar surface area (TPSA) is 43.4 Å². The van der Waals surface area contributed by atoms with E-state index in [-0.39, 0.29) is 29.6 Å². The standard InChI is InChI=1S/C35H71NO2.Na/c1-4-6-8-10-12-14-16-18-20-22-24-26-28-30-32-36(34(3)35(37)38)33-31-29-27-25-23-21-19-17-15-13-11-9-7-5-2;/h34H,4-33H2,1-3H3,(H,37,38);/q;+1/p-1. The first-order valence-electron chi connectivity index (χ1n) is 17.6. The molecule has 0 aromatic carbocycles. The summed E-state index contributed by atoms with van der Waals surface area (Å²) in [6.45, 7) is 8.19. The molecule has 0 aliphatic rings. The summed E-state index contributed by atoms with van der Waals surface area (Å²) in [6, 6.07) is -0.459. The van der Waals surface area contributed by atoms with Crippen LogP contribution in [-0.4, -0.2) is 30.0 Å². The van der Waals surface area contributed by atoms with E-state index in [0.717, 1.165) is 25.9 Å². The first-order valence-corrected chi connectivity index (χ1v) is 17.6. The monoisotopic (exact) mass is 560 g/mol. The summed E-state index contributed by atoms with van der Waals surface area (Å²) in [5.41, 5.74) is 0. The van der Waals surface area contributed by atoms with Gasteiger partial charge in [-0.05, 0) is 32.9 Å². The zero-order valence-electron chi connectivity index (χ0n) is 27.6. The second kappa shape index (κ2) is 34.6.